The molecule has 0 radical (unpaired) electrons. The molecule has 0 aromatic carbocycles. The Balaban J connectivity index is 1.94. The zero-order valence-corrected chi connectivity index (χ0v) is 16.9. The number of rotatable bonds is 4. The molecular formula is C19H24N4O3S. The zero-order chi connectivity index (χ0) is 19.8. The molecule has 0 aliphatic heterocycles. The van der Waals surface area contributed by atoms with Crippen LogP contribution in [0.15, 0.2) is 24.5 Å². The summed E-state index contributed by atoms with van der Waals surface area (Å²) >= 11 is 1.48. The summed E-state index contributed by atoms with van der Waals surface area (Å²) in [6.45, 7) is 7.38. The fourth-order valence-corrected chi connectivity index (χ4v) is 3.94. The topological polar surface area (TPSA) is 89.3 Å². The third kappa shape index (κ3) is 3.90. The number of alkyl carbamates (subject to hydrolysis) is 1. The average molecular weight is 388 g/mol. The van der Waals surface area contributed by atoms with Crippen molar-refractivity contribution in [1.82, 2.24) is 19.9 Å². The van der Waals surface area contributed by atoms with Gasteiger partial charge in [-0.25, -0.2) is 9.78 Å². The maximum absolute atomic E-state index is 12.2. The van der Waals surface area contributed by atoms with Gasteiger partial charge in [-0.15, -0.1) is 0 Å². The summed E-state index contributed by atoms with van der Waals surface area (Å²) in [4.78, 5) is 21.7. The Bertz CT molecular complexity index is 919. The Kier molecular flexibility index (Phi) is 5.10. The van der Waals surface area contributed by atoms with Crippen LogP contribution in [-0.2, 0) is 11.8 Å². The molecule has 3 aromatic rings. The fraction of sp³-hybridized carbons (Fsp3) is 0.421. The van der Waals surface area contributed by atoms with Gasteiger partial charge in [0.15, 0.2) is 5.75 Å². The van der Waals surface area contributed by atoms with Gasteiger partial charge in [0, 0.05) is 25.0 Å². The highest BCUT2D eigenvalue weighted by Crippen LogP contribution is 2.41. The highest BCUT2D eigenvalue weighted by molar-refractivity contribution is 7.21. The minimum atomic E-state index is -0.584. The minimum absolute atomic E-state index is 0.0850. The third-order valence-corrected chi connectivity index (χ3v) is 5.26. The first-order chi connectivity index (χ1) is 12.7. The van der Waals surface area contributed by atoms with Gasteiger partial charge in [-0.05, 0) is 39.3 Å². The lowest BCUT2D eigenvalue weighted by atomic mass is 10.1. The molecule has 0 saturated carbocycles. The van der Waals surface area contributed by atoms with Gasteiger partial charge in [-0.3, -0.25) is 4.98 Å². The smallest absolute Gasteiger partial charge is 0.408 e. The van der Waals surface area contributed by atoms with Gasteiger partial charge in [-0.1, -0.05) is 18.3 Å². The molecule has 3 rings (SSSR count). The Labute approximate surface area is 162 Å². The van der Waals surface area contributed by atoms with Crippen LogP contribution in [0.25, 0.3) is 20.9 Å². The first kappa shape index (κ1) is 19.2. The summed E-state index contributed by atoms with van der Waals surface area (Å²) in [5.41, 5.74) is 1.47. The lowest BCUT2D eigenvalue weighted by Gasteiger charge is -2.23. The molecule has 8 heteroatoms. The number of aromatic hydroxyl groups is 1. The van der Waals surface area contributed by atoms with E-state index in [1.165, 1.54) is 11.3 Å². The normalized spacial score (nSPS) is 12.9. The Morgan fingerprint density at radius 2 is 2.19 bits per heavy atom. The molecule has 144 valence electrons. The van der Waals surface area contributed by atoms with Crippen molar-refractivity contribution in [2.24, 2.45) is 7.05 Å². The third-order valence-electron chi connectivity index (χ3n) is 4.08. The molecule has 0 saturated heterocycles. The van der Waals surface area contributed by atoms with Crippen LogP contribution in [0.1, 0.15) is 45.9 Å². The number of thiazole rings is 1. The standard InChI is InChI=1S/C19H24N4O3S/c1-6-12(21-18(25)26-19(2,3)4)14-15(24)13-17(23(14)5)27-16(22-13)11-8-7-9-20-10-11/h7-10,12,24H,6H2,1-5H3,(H,21,25)/t12-/m0/s1. The molecule has 0 spiro atoms. The van der Waals surface area contributed by atoms with E-state index >= 15 is 0 Å². The van der Waals surface area contributed by atoms with Gasteiger partial charge in [0.1, 0.15) is 21.0 Å². The largest absolute Gasteiger partial charge is 0.504 e. The van der Waals surface area contributed by atoms with Crippen LogP contribution >= 0.6 is 11.3 Å². The monoisotopic (exact) mass is 388 g/mol. The number of nitrogens with zero attached hydrogens (tertiary/aromatic N) is 3. The van der Waals surface area contributed by atoms with Crippen molar-refractivity contribution in [2.45, 2.75) is 45.8 Å². The van der Waals surface area contributed by atoms with Crippen LogP contribution in [0.5, 0.6) is 5.75 Å². The predicted molar refractivity (Wildman–Crippen MR) is 106 cm³/mol. The number of nitrogens with one attached hydrogen (secondary N) is 1. The molecule has 0 fully saturated rings. The van der Waals surface area contributed by atoms with Gasteiger partial charge >= 0.3 is 6.09 Å². The second kappa shape index (κ2) is 7.19. The SMILES string of the molecule is CC[C@H](NC(=O)OC(C)(C)C)c1c(O)c2nc(-c3cccnc3)sc2n1C. The maximum Gasteiger partial charge on any atom is 0.408 e. The minimum Gasteiger partial charge on any atom is -0.504 e. The van der Waals surface area contributed by atoms with E-state index < -0.39 is 11.7 Å². The molecule has 0 aliphatic carbocycles. The van der Waals surface area contributed by atoms with E-state index in [4.69, 9.17) is 4.74 Å². The molecule has 3 heterocycles. The predicted octanol–water partition coefficient (Wildman–Crippen LogP) is 4.38. The molecule has 7 nitrogen and oxygen atoms in total. The van der Waals surface area contributed by atoms with E-state index in [1.54, 1.807) is 12.4 Å². The number of carbonyl (C=O) groups excluding carboxylic acids is 1. The number of carbonyl (C=O) groups is 1. The highest BCUT2D eigenvalue weighted by atomic mass is 32.1. The van der Waals surface area contributed by atoms with Gasteiger partial charge in [-0.2, -0.15) is 0 Å². The van der Waals surface area contributed by atoms with Gasteiger partial charge < -0.3 is 19.7 Å². The summed E-state index contributed by atoms with van der Waals surface area (Å²) in [5, 5.41) is 14.4. The molecule has 0 bridgehead atoms. The van der Waals surface area contributed by atoms with Crippen LogP contribution in [0.4, 0.5) is 4.79 Å². The van der Waals surface area contributed by atoms with Crippen molar-refractivity contribution in [2.75, 3.05) is 0 Å². The number of fused-ring (bicyclic) bond motifs is 1. The van der Waals surface area contributed by atoms with Crippen molar-refractivity contribution in [3.8, 4) is 16.3 Å². The molecule has 1 amide bonds. The summed E-state index contributed by atoms with van der Waals surface area (Å²) in [5.74, 6) is 0.0850. The Morgan fingerprint density at radius 1 is 1.44 bits per heavy atom. The van der Waals surface area contributed by atoms with Crippen molar-refractivity contribution in [3.63, 3.8) is 0 Å². The number of amides is 1. The quantitative estimate of drug-likeness (QED) is 0.692. The van der Waals surface area contributed by atoms with E-state index in [1.807, 2.05) is 51.4 Å². The van der Waals surface area contributed by atoms with Gasteiger partial charge in [0.25, 0.3) is 0 Å². The maximum atomic E-state index is 12.2. The Hall–Kier alpha value is -2.61. The molecule has 27 heavy (non-hydrogen) atoms. The second-order valence-corrected chi connectivity index (χ2v) is 8.29. The summed E-state index contributed by atoms with van der Waals surface area (Å²) < 4.78 is 7.23. The molecule has 0 unspecified atom stereocenters. The zero-order valence-electron chi connectivity index (χ0n) is 16.1. The Morgan fingerprint density at radius 3 is 2.74 bits per heavy atom. The van der Waals surface area contributed by atoms with Crippen molar-refractivity contribution >= 4 is 27.8 Å². The number of aromatic nitrogens is 3. The van der Waals surface area contributed by atoms with E-state index in [2.05, 4.69) is 15.3 Å². The fourth-order valence-electron chi connectivity index (χ4n) is 2.91. The molecule has 1 atom stereocenters. The van der Waals surface area contributed by atoms with Crippen LogP contribution in [0.2, 0.25) is 0 Å². The lowest BCUT2D eigenvalue weighted by Crippen LogP contribution is -2.35. The van der Waals surface area contributed by atoms with Gasteiger partial charge in [0.2, 0.25) is 0 Å². The number of hydrogen-bond acceptors (Lipinski definition) is 6. The number of ether oxygens (including phenoxy) is 1. The van der Waals surface area contributed by atoms with E-state index in [0.717, 1.165) is 15.4 Å². The molecular weight excluding hydrogens is 364 g/mol. The van der Waals surface area contributed by atoms with Crippen molar-refractivity contribution < 1.29 is 14.6 Å². The summed E-state index contributed by atoms with van der Waals surface area (Å²) in [7, 11) is 1.86. The van der Waals surface area contributed by atoms with E-state index in [-0.39, 0.29) is 11.8 Å². The average Bonchev–Trinajstić information content (AvgIpc) is 3.13. The molecule has 2 N–H and O–H groups in total. The molecule has 0 aliphatic rings. The van der Waals surface area contributed by atoms with Crippen LogP contribution in [-0.4, -0.2) is 31.3 Å². The van der Waals surface area contributed by atoms with Crippen LogP contribution in [0, 0.1) is 0 Å². The van der Waals surface area contributed by atoms with Crippen molar-refractivity contribution in [1.29, 1.82) is 0 Å². The van der Waals surface area contributed by atoms with E-state index in [9.17, 15) is 9.90 Å². The first-order valence-corrected chi connectivity index (χ1v) is 9.61. The first-order valence-electron chi connectivity index (χ1n) is 8.79. The highest BCUT2D eigenvalue weighted by Gasteiger charge is 2.27. The summed E-state index contributed by atoms with van der Waals surface area (Å²) in [6.07, 6.45) is 3.55. The van der Waals surface area contributed by atoms with Crippen molar-refractivity contribution in [3.05, 3.63) is 30.2 Å². The van der Waals surface area contributed by atoms with Crippen LogP contribution in [0.3, 0.4) is 0 Å². The number of aryl methyl sites for hydroxylation is 1. The number of pyridine rings is 1. The summed E-state index contributed by atoms with van der Waals surface area (Å²) in [6, 6.07) is 3.40. The molecule has 3 aromatic heterocycles. The number of hydrogen-bond donors (Lipinski definition) is 2. The second-order valence-electron chi connectivity index (χ2n) is 7.31. The lowest BCUT2D eigenvalue weighted by molar-refractivity contribution is 0.0500. The van der Waals surface area contributed by atoms with Crippen LogP contribution < -0.4 is 5.32 Å². The van der Waals surface area contributed by atoms with Gasteiger partial charge in [0.05, 0.1) is 11.7 Å². The van der Waals surface area contributed by atoms with E-state index in [0.29, 0.717) is 17.6 Å².